The standard InChI is InChI=1S/C29H30ClN3O4/c1-18-5-6-19(2)27-24(18)16-21(28(34)32-27)17-33(29(35)31-23-10-8-22(30)9-11-23)14-13-20-7-12-25(36-3)26(15-20)37-4/h5-12,15-16H,13-14,17H2,1-4H3,(H,31,35)(H,32,34). The van der Waals surface area contributed by atoms with Gasteiger partial charge < -0.3 is 24.7 Å². The summed E-state index contributed by atoms with van der Waals surface area (Å²) in [7, 11) is 3.17. The van der Waals surface area contributed by atoms with Crippen molar-refractivity contribution < 1.29 is 14.3 Å². The van der Waals surface area contributed by atoms with E-state index >= 15 is 0 Å². The average Bonchev–Trinajstić information content (AvgIpc) is 2.90. The number of carbonyl (C=O) groups is 1. The van der Waals surface area contributed by atoms with Crippen LogP contribution in [0.3, 0.4) is 0 Å². The van der Waals surface area contributed by atoms with Gasteiger partial charge in [0.2, 0.25) is 0 Å². The summed E-state index contributed by atoms with van der Waals surface area (Å²) in [6.07, 6.45) is 0.554. The predicted molar refractivity (Wildman–Crippen MR) is 148 cm³/mol. The number of nitrogens with one attached hydrogen (secondary N) is 2. The first kappa shape index (κ1) is 26.1. The van der Waals surface area contributed by atoms with E-state index in [1.54, 1.807) is 43.4 Å². The average molecular weight is 520 g/mol. The number of aryl methyl sites for hydroxylation is 2. The van der Waals surface area contributed by atoms with Gasteiger partial charge in [-0.3, -0.25) is 4.79 Å². The SMILES string of the molecule is COc1ccc(CCN(Cc2cc3c(C)ccc(C)c3[nH]c2=O)C(=O)Nc2ccc(Cl)cc2)cc1OC. The number of amides is 2. The molecule has 0 aliphatic rings. The minimum absolute atomic E-state index is 0.144. The van der Waals surface area contributed by atoms with E-state index in [2.05, 4.69) is 10.3 Å². The highest BCUT2D eigenvalue weighted by molar-refractivity contribution is 6.30. The summed E-state index contributed by atoms with van der Waals surface area (Å²) in [6, 6.07) is 18.2. The van der Waals surface area contributed by atoms with Gasteiger partial charge in [-0.2, -0.15) is 0 Å². The molecule has 4 aromatic rings. The van der Waals surface area contributed by atoms with Gasteiger partial charge in [-0.25, -0.2) is 4.79 Å². The van der Waals surface area contributed by atoms with Gasteiger partial charge in [0, 0.05) is 28.2 Å². The lowest BCUT2D eigenvalue weighted by Gasteiger charge is -2.24. The van der Waals surface area contributed by atoms with Gasteiger partial charge in [0.05, 0.1) is 26.3 Å². The number of aromatic amines is 1. The molecule has 8 heteroatoms. The number of aromatic nitrogens is 1. The Morgan fingerprint density at radius 3 is 2.35 bits per heavy atom. The summed E-state index contributed by atoms with van der Waals surface area (Å²) in [6.45, 7) is 4.49. The zero-order chi connectivity index (χ0) is 26.5. The van der Waals surface area contributed by atoms with E-state index in [-0.39, 0.29) is 18.1 Å². The Hall–Kier alpha value is -3.97. The highest BCUT2D eigenvalue weighted by atomic mass is 35.5. The molecule has 4 rings (SSSR count). The Morgan fingerprint density at radius 2 is 1.65 bits per heavy atom. The van der Waals surface area contributed by atoms with Gasteiger partial charge in [0.25, 0.3) is 5.56 Å². The summed E-state index contributed by atoms with van der Waals surface area (Å²) in [5, 5.41) is 4.46. The van der Waals surface area contributed by atoms with E-state index < -0.39 is 0 Å². The smallest absolute Gasteiger partial charge is 0.322 e. The van der Waals surface area contributed by atoms with Crippen molar-refractivity contribution in [3.63, 3.8) is 0 Å². The van der Waals surface area contributed by atoms with E-state index in [1.165, 1.54) is 0 Å². The van der Waals surface area contributed by atoms with Gasteiger partial charge in [-0.05, 0) is 79.4 Å². The van der Waals surface area contributed by atoms with Gasteiger partial charge in [0.1, 0.15) is 0 Å². The maximum atomic E-state index is 13.4. The van der Waals surface area contributed by atoms with Crippen molar-refractivity contribution in [2.24, 2.45) is 0 Å². The molecule has 0 aliphatic heterocycles. The van der Waals surface area contributed by atoms with E-state index in [1.807, 2.05) is 50.2 Å². The highest BCUT2D eigenvalue weighted by Gasteiger charge is 2.18. The van der Waals surface area contributed by atoms with Gasteiger partial charge in [0.15, 0.2) is 11.5 Å². The Labute approximate surface area is 221 Å². The van der Waals surface area contributed by atoms with E-state index in [9.17, 15) is 9.59 Å². The molecule has 2 amide bonds. The van der Waals surface area contributed by atoms with Crippen molar-refractivity contribution in [1.82, 2.24) is 9.88 Å². The van der Waals surface area contributed by atoms with E-state index in [0.717, 1.165) is 27.6 Å². The number of ether oxygens (including phenoxy) is 2. The van der Waals surface area contributed by atoms with Crippen LogP contribution in [0.2, 0.25) is 5.02 Å². The molecule has 0 aliphatic carbocycles. The van der Waals surface area contributed by atoms with Crippen molar-refractivity contribution in [2.75, 3.05) is 26.1 Å². The van der Waals surface area contributed by atoms with Crippen LogP contribution in [0, 0.1) is 13.8 Å². The lowest BCUT2D eigenvalue weighted by atomic mass is 10.0. The Morgan fingerprint density at radius 1 is 0.946 bits per heavy atom. The number of hydrogen-bond acceptors (Lipinski definition) is 4. The normalized spacial score (nSPS) is 10.8. The summed E-state index contributed by atoms with van der Waals surface area (Å²) in [5.74, 6) is 1.26. The molecule has 0 fully saturated rings. The number of fused-ring (bicyclic) bond motifs is 1. The number of anilines is 1. The molecule has 1 aromatic heterocycles. The molecule has 37 heavy (non-hydrogen) atoms. The number of benzene rings is 3. The Balaban J connectivity index is 1.63. The number of pyridine rings is 1. The van der Waals surface area contributed by atoms with E-state index in [0.29, 0.717) is 40.7 Å². The molecule has 0 bridgehead atoms. The van der Waals surface area contributed by atoms with Crippen LogP contribution >= 0.6 is 11.6 Å². The summed E-state index contributed by atoms with van der Waals surface area (Å²) in [4.78, 5) is 31.0. The molecule has 1 heterocycles. The zero-order valence-electron chi connectivity index (χ0n) is 21.4. The number of rotatable bonds is 8. The van der Waals surface area contributed by atoms with Crippen LogP contribution in [0.5, 0.6) is 11.5 Å². The third kappa shape index (κ3) is 6.06. The monoisotopic (exact) mass is 519 g/mol. The second-order valence-electron chi connectivity index (χ2n) is 8.91. The van der Waals surface area contributed by atoms with Crippen LogP contribution in [0.4, 0.5) is 10.5 Å². The number of urea groups is 1. The molecule has 3 aromatic carbocycles. The molecule has 0 spiro atoms. The fourth-order valence-electron chi connectivity index (χ4n) is 4.23. The molecule has 7 nitrogen and oxygen atoms in total. The number of carbonyl (C=O) groups excluding carboxylic acids is 1. The Kier molecular flexibility index (Phi) is 8.04. The molecule has 0 saturated carbocycles. The maximum Gasteiger partial charge on any atom is 0.322 e. The van der Waals surface area contributed by atoms with Crippen LogP contribution in [0.1, 0.15) is 22.3 Å². The van der Waals surface area contributed by atoms with Crippen LogP contribution in [-0.4, -0.2) is 36.7 Å². The number of hydrogen-bond donors (Lipinski definition) is 2. The molecule has 0 unspecified atom stereocenters. The van der Waals surface area contributed by atoms with Gasteiger partial charge in [-0.1, -0.05) is 29.8 Å². The molecule has 192 valence electrons. The van der Waals surface area contributed by atoms with Gasteiger partial charge in [-0.15, -0.1) is 0 Å². The minimum atomic E-state index is -0.316. The molecule has 2 N–H and O–H groups in total. The lowest BCUT2D eigenvalue weighted by Crippen LogP contribution is -2.37. The third-order valence-corrected chi connectivity index (χ3v) is 6.63. The zero-order valence-corrected chi connectivity index (χ0v) is 22.1. The second-order valence-corrected chi connectivity index (χ2v) is 9.35. The first-order chi connectivity index (χ1) is 17.8. The van der Waals surface area contributed by atoms with Crippen LogP contribution in [-0.2, 0) is 13.0 Å². The molecule has 0 saturated heterocycles. The number of methoxy groups -OCH3 is 2. The van der Waals surface area contributed by atoms with Crippen LogP contribution in [0.25, 0.3) is 10.9 Å². The van der Waals surface area contributed by atoms with Crippen molar-refractivity contribution >= 4 is 34.2 Å². The topological polar surface area (TPSA) is 83.7 Å². The van der Waals surface area contributed by atoms with Gasteiger partial charge >= 0.3 is 6.03 Å². The largest absolute Gasteiger partial charge is 0.493 e. The summed E-state index contributed by atoms with van der Waals surface area (Å²) >= 11 is 5.99. The molecule has 0 atom stereocenters. The molecular weight excluding hydrogens is 490 g/mol. The Bertz CT molecular complexity index is 1480. The van der Waals surface area contributed by atoms with Crippen molar-refractivity contribution in [2.45, 2.75) is 26.8 Å². The summed E-state index contributed by atoms with van der Waals surface area (Å²) in [5.41, 5.74) is 4.76. The highest BCUT2D eigenvalue weighted by Crippen LogP contribution is 2.28. The number of nitrogens with zero attached hydrogens (tertiary/aromatic N) is 1. The molecule has 0 radical (unpaired) electrons. The van der Waals surface area contributed by atoms with E-state index in [4.69, 9.17) is 21.1 Å². The second kappa shape index (κ2) is 11.4. The van der Waals surface area contributed by atoms with Crippen LogP contribution in [0.15, 0.2) is 65.5 Å². The first-order valence-corrected chi connectivity index (χ1v) is 12.3. The van der Waals surface area contributed by atoms with Crippen molar-refractivity contribution in [3.05, 3.63) is 98.3 Å². The number of halogens is 1. The number of H-pyrrole nitrogens is 1. The van der Waals surface area contributed by atoms with Crippen molar-refractivity contribution in [1.29, 1.82) is 0 Å². The first-order valence-electron chi connectivity index (χ1n) is 11.9. The minimum Gasteiger partial charge on any atom is -0.493 e. The summed E-state index contributed by atoms with van der Waals surface area (Å²) < 4.78 is 10.7. The third-order valence-electron chi connectivity index (χ3n) is 6.38. The predicted octanol–water partition coefficient (Wildman–Crippen LogP) is 6.09. The quantitative estimate of drug-likeness (QED) is 0.295. The fraction of sp³-hybridized carbons (Fsp3) is 0.241. The molecular formula is C29H30ClN3O4. The fourth-order valence-corrected chi connectivity index (χ4v) is 4.36. The van der Waals surface area contributed by atoms with Crippen LogP contribution < -0.4 is 20.3 Å². The lowest BCUT2D eigenvalue weighted by molar-refractivity contribution is 0.209. The maximum absolute atomic E-state index is 13.4. The van der Waals surface area contributed by atoms with Crippen molar-refractivity contribution in [3.8, 4) is 11.5 Å².